The molecule has 0 aromatic carbocycles. The predicted molar refractivity (Wildman–Crippen MR) is 80.2 cm³/mol. The van der Waals surface area contributed by atoms with Gasteiger partial charge in [0, 0.05) is 6.92 Å². The zero-order chi connectivity index (χ0) is 19.6. The Morgan fingerprint density at radius 1 is 0.846 bits per heavy atom. The van der Waals surface area contributed by atoms with Crippen molar-refractivity contribution in [3.8, 4) is 0 Å². The third kappa shape index (κ3) is 4.31. The molecule has 2 saturated heterocycles. The highest BCUT2D eigenvalue weighted by atomic mass is 16.8. The van der Waals surface area contributed by atoms with E-state index in [1.165, 1.54) is 0 Å². The number of carbonyl (C=O) groups excluding carboxylic acids is 1. The second-order valence-electron chi connectivity index (χ2n) is 6.27. The average molecular weight is 383 g/mol. The van der Waals surface area contributed by atoms with Crippen LogP contribution in [0, 0.1) is 0 Å². The first-order valence-electron chi connectivity index (χ1n) is 8.06. The Balaban J connectivity index is 2.18. The molecule has 12 heteroatoms. The third-order valence-electron chi connectivity index (χ3n) is 4.37. The molecule has 0 saturated carbocycles. The monoisotopic (exact) mass is 383 g/mol. The molecule has 0 aromatic heterocycles. The molecule has 2 fully saturated rings. The zero-order valence-electron chi connectivity index (χ0n) is 14.0. The molecule has 8 N–H and O–H groups in total. The van der Waals surface area contributed by atoms with Crippen LogP contribution >= 0.6 is 0 Å². The van der Waals surface area contributed by atoms with Gasteiger partial charge in [-0.25, -0.2) is 0 Å². The summed E-state index contributed by atoms with van der Waals surface area (Å²) in [6, 6.07) is -1.28. The molecule has 2 heterocycles. The minimum atomic E-state index is -1.73. The van der Waals surface area contributed by atoms with Gasteiger partial charge in [-0.2, -0.15) is 0 Å². The molecule has 152 valence electrons. The summed E-state index contributed by atoms with van der Waals surface area (Å²) in [6.45, 7) is -0.187. The van der Waals surface area contributed by atoms with E-state index in [0.717, 1.165) is 6.92 Å². The van der Waals surface area contributed by atoms with E-state index in [1.54, 1.807) is 0 Å². The standard InChI is InChI=1S/C14H25NO11/c1-4(18)15-7-10(21)8(19)5(2-16)24-13(7)26-14-12(23)11(22)9(20)6(3-17)25-14/h5-14,16-17,19-23H,2-3H2,1H3,(H,15,18)/t5-,6-,7+,8+,9+,10-,11+,12-,13+,14-/m1/s1. The Bertz CT molecular complexity index is 478. The molecule has 12 nitrogen and oxygen atoms in total. The molecule has 2 rings (SSSR count). The predicted octanol–water partition coefficient (Wildman–Crippen LogP) is -5.25. The summed E-state index contributed by atoms with van der Waals surface area (Å²) in [6.07, 6.45) is -13.7. The van der Waals surface area contributed by atoms with Crippen LogP contribution in [-0.2, 0) is 19.0 Å². The molecule has 2 aliphatic rings. The van der Waals surface area contributed by atoms with Gasteiger partial charge in [0.05, 0.1) is 13.2 Å². The maximum Gasteiger partial charge on any atom is 0.217 e. The molecule has 0 radical (unpaired) electrons. The fraction of sp³-hybridized carbons (Fsp3) is 0.929. The molecule has 10 atom stereocenters. The molecule has 0 bridgehead atoms. The number of hydrogen-bond donors (Lipinski definition) is 8. The highest BCUT2D eigenvalue weighted by molar-refractivity contribution is 5.73. The molecule has 0 spiro atoms. The van der Waals surface area contributed by atoms with Gasteiger partial charge in [0.2, 0.25) is 5.91 Å². The van der Waals surface area contributed by atoms with E-state index < -0.39 is 80.5 Å². The maximum atomic E-state index is 11.4. The lowest BCUT2D eigenvalue weighted by molar-refractivity contribution is -0.363. The van der Waals surface area contributed by atoms with Crippen LogP contribution in [0.1, 0.15) is 6.92 Å². The van der Waals surface area contributed by atoms with E-state index in [9.17, 15) is 40.5 Å². The lowest BCUT2D eigenvalue weighted by atomic mass is 9.96. The van der Waals surface area contributed by atoms with E-state index in [4.69, 9.17) is 14.2 Å². The second kappa shape index (κ2) is 8.84. The first-order valence-corrected chi connectivity index (χ1v) is 8.06. The highest BCUT2D eigenvalue weighted by Crippen LogP contribution is 2.28. The molecule has 1 amide bonds. The Labute approximate surface area is 148 Å². The van der Waals surface area contributed by atoms with Crippen molar-refractivity contribution in [2.75, 3.05) is 13.2 Å². The van der Waals surface area contributed by atoms with Crippen molar-refractivity contribution >= 4 is 5.91 Å². The SMILES string of the molecule is CC(=O)N[C@@H]1[C@H](O[C@H]2O[C@H](CO)[C@H](O)[C@H](O)[C@H]2O)O[C@H](CO)[C@H](O)[C@@H]1O. The number of aliphatic hydroxyl groups excluding tert-OH is 7. The molecule has 0 aromatic rings. The Kier molecular flexibility index (Phi) is 7.27. The first kappa shape index (κ1) is 21.4. The van der Waals surface area contributed by atoms with Gasteiger partial charge < -0.3 is 55.3 Å². The Morgan fingerprint density at radius 2 is 1.35 bits per heavy atom. The second-order valence-corrected chi connectivity index (χ2v) is 6.27. The quantitative estimate of drug-likeness (QED) is 0.226. The van der Waals surface area contributed by atoms with Crippen molar-refractivity contribution in [1.29, 1.82) is 0 Å². The van der Waals surface area contributed by atoms with E-state index in [1.807, 2.05) is 0 Å². The van der Waals surface area contributed by atoms with Crippen LogP contribution in [0.15, 0.2) is 0 Å². The Hall–Kier alpha value is -0.930. The number of carbonyl (C=O) groups is 1. The molecule has 26 heavy (non-hydrogen) atoms. The van der Waals surface area contributed by atoms with E-state index in [0.29, 0.717) is 0 Å². The number of nitrogens with one attached hydrogen (secondary N) is 1. The maximum absolute atomic E-state index is 11.4. The molecule has 0 unspecified atom stereocenters. The third-order valence-corrected chi connectivity index (χ3v) is 4.37. The summed E-state index contributed by atoms with van der Waals surface area (Å²) >= 11 is 0. The highest BCUT2D eigenvalue weighted by Gasteiger charge is 2.50. The number of rotatable bonds is 5. The Morgan fingerprint density at radius 3 is 1.85 bits per heavy atom. The largest absolute Gasteiger partial charge is 0.394 e. The minimum Gasteiger partial charge on any atom is -0.394 e. The van der Waals surface area contributed by atoms with Crippen molar-refractivity contribution in [2.45, 2.75) is 68.3 Å². The lowest BCUT2D eigenvalue weighted by Crippen LogP contribution is -2.67. The zero-order valence-corrected chi connectivity index (χ0v) is 14.0. The van der Waals surface area contributed by atoms with Crippen molar-refractivity contribution in [1.82, 2.24) is 5.32 Å². The van der Waals surface area contributed by atoms with Gasteiger partial charge >= 0.3 is 0 Å². The summed E-state index contributed by atoms with van der Waals surface area (Å²) in [4.78, 5) is 11.4. The average Bonchev–Trinajstić information content (AvgIpc) is 2.61. The molecular weight excluding hydrogens is 358 g/mol. The van der Waals surface area contributed by atoms with Crippen LogP contribution in [0.5, 0.6) is 0 Å². The van der Waals surface area contributed by atoms with Crippen molar-refractivity contribution in [2.24, 2.45) is 0 Å². The van der Waals surface area contributed by atoms with Crippen LogP contribution in [0.4, 0.5) is 0 Å². The van der Waals surface area contributed by atoms with Crippen molar-refractivity contribution < 1.29 is 54.8 Å². The van der Waals surface area contributed by atoms with Crippen LogP contribution in [-0.4, -0.2) is 116 Å². The number of ether oxygens (including phenoxy) is 3. The topological polar surface area (TPSA) is 198 Å². The summed E-state index contributed by atoms with van der Waals surface area (Å²) in [5.74, 6) is -0.574. The van der Waals surface area contributed by atoms with Gasteiger partial charge in [-0.3, -0.25) is 4.79 Å². The van der Waals surface area contributed by atoms with E-state index in [2.05, 4.69) is 5.32 Å². The summed E-state index contributed by atoms with van der Waals surface area (Å²) in [5.41, 5.74) is 0. The van der Waals surface area contributed by atoms with Crippen LogP contribution in [0.2, 0.25) is 0 Å². The van der Waals surface area contributed by atoms with Gasteiger partial charge in [-0.05, 0) is 0 Å². The lowest BCUT2D eigenvalue weighted by Gasteiger charge is -2.45. The van der Waals surface area contributed by atoms with Gasteiger partial charge in [0.15, 0.2) is 12.6 Å². The van der Waals surface area contributed by atoms with Crippen molar-refractivity contribution in [3.63, 3.8) is 0 Å². The summed E-state index contributed by atoms with van der Waals surface area (Å²) in [7, 11) is 0. The minimum absolute atomic E-state index is 0.574. The smallest absolute Gasteiger partial charge is 0.217 e. The van der Waals surface area contributed by atoms with Gasteiger partial charge in [0.1, 0.15) is 48.8 Å². The number of hydrogen-bond acceptors (Lipinski definition) is 11. The van der Waals surface area contributed by atoms with Crippen LogP contribution in [0.25, 0.3) is 0 Å². The molecular formula is C14H25NO11. The number of aliphatic hydroxyl groups is 7. The van der Waals surface area contributed by atoms with E-state index >= 15 is 0 Å². The van der Waals surface area contributed by atoms with Crippen LogP contribution in [0.3, 0.4) is 0 Å². The summed E-state index contributed by atoms with van der Waals surface area (Å²) in [5, 5.41) is 70.4. The normalized spacial score (nSPS) is 46.8. The van der Waals surface area contributed by atoms with E-state index in [-0.39, 0.29) is 0 Å². The van der Waals surface area contributed by atoms with Gasteiger partial charge in [0.25, 0.3) is 0 Å². The molecule has 0 aliphatic carbocycles. The van der Waals surface area contributed by atoms with Gasteiger partial charge in [-0.1, -0.05) is 0 Å². The molecule has 2 aliphatic heterocycles. The number of amides is 1. The van der Waals surface area contributed by atoms with Crippen LogP contribution < -0.4 is 5.32 Å². The fourth-order valence-electron chi connectivity index (χ4n) is 2.90. The fourth-order valence-corrected chi connectivity index (χ4v) is 2.90. The first-order chi connectivity index (χ1) is 12.2. The summed E-state index contributed by atoms with van der Waals surface area (Å²) < 4.78 is 15.9. The van der Waals surface area contributed by atoms with Gasteiger partial charge in [-0.15, -0.1) is 0 Å². The van der Waals surface area contributed by atoms with Crippen molar-refractivity contribution in [3.05, 3.63) is 0 Å².